The van der Waals surface area contributed by atoms with Crippen molar-refractivity contribution >= 4 is 0 Å². The van der Waals surface area contributed by atoms with Crippen LogP contribution >= 0.6 is 0 Å². The van der Waals surface area contributed by atoms with E-state index in [1.807, 2.05) is 18.2 Å². The second-order valence-electron chi connectivity index (χ2n) is 3.02. The van der Waals surface area contributed by atoms with Gasteiger partial charge in [-0.3, -0.25) is 0 Å². The lowest BCUT2D eigenvalue weighted by atomic mass is 10.3. The van der Waals surface area contributed by atoms with Gasteiger partial charge < -0.3 is 20.4 Å². The van der Waals surface area contributed by atoms with Crippen molar-refractivity contribution < 1.29 is 20.4 Å². The van der Waals surface area contributed by atoms with E-state index in [1.54, 1.807) is 6.08 Å². The second-order valence-corrected chi connectivity index (χ2v) is 3.02. The maximum absolute atomic E-state index is 8.27. The smallest absolute Gasteiger partial charge is 0.0612 e. The Hall–Kier alpha value is -0.680. The molecule has 0 bridgehead atoms. The first-order valence-electron chi connectivity index (χ1n) is 5.56. The SMILES string of the molecule is OC/C=C/CCCO.OCC/C=C/CCO. The molecule has 0 saturated heterocycles. The fourth-order valence-corrected chi connectivity index (χ4v) is 0.786. The third-order valence-electron chi connectivity index (χ3n) is 1.56. The number of hydrogen-bond donors (Lipinski definition) is 4. The summed E-state index contributed by atoms with van der Waals surface area (Å²) in [5, 5.41) is 33.0. The molecule has 0 atom stereocenters. The lowest BCUT2D eigenvalue weighted by molar-refractivity contribution is 0.289. The fraction of sp³-hybridized carbons (Fsp3) is 0.667. The molecule has 0 unspecified atom stereocenters. The van der Waals surface area contributed by atoms with E-state index in [4.69, 9.17) is 20.4 Å². The first-order chi connectivity index (χ1) is 7.83. The van der Waals surface area contributed by atoms with Crippen LogP contribution < -0.4 is 0 Å². The zero-order valence-corrected chi connectivity index (χ0v) is 9.76. The van der Waals surface area contributed by atoms with Crippen LogP contribution in [0.3, 0.4) is 0 Å². The van der Waals surface area contributed by atoms with E-state index >= 15 is 0 Å². The summed E-state index contributed by atoms with van der Waals surface area (Å²) in [6.45, 7) is 0.727. The third-order valence-corrected chi connectivity index (χ3v) is 1.56. The molecule has 0 aromatic heterocycles. The first-order valence-corrected chi connectivity index (χ1v) is 5.56. The topological polar surface area (TPSA) is 80.9 Å². The van der Waals surface area contributed by atoms with Gasteiger partial charge in [-0.25, -0.2) is 0 Å². The van der Waals surface area contributed by atoms with E-state index in [-0.39, 0.29) is 26.4 Å². The molecular weight excluding hydrogens is 208 g/mol. The van der Waals surface area contributed by atoms with Crippen LogP contribution in [0, 0.1) is 0 Å². The third kappa shape index (κ3) is 23.3. The Kier molecular flexibility index (Phi) is 21.9. The molecule has 0 spiro atoms. The summed E-state index contributed by atoms with van der Waals surface area (Å²) in [5.41, 5.74) is 0. The number of aliphatic hydroxyl groups is 4. The van der Waals surface area contributed by atoms with Crippen molar-refractivity contribution in [3.8, 4) is 0 Å². The molecule has 0 aliphatic carbocycles. The van der Waals surface area contributed by atoms with Gasteiger partial charge in [0.1, 0.15) is 0 Å². The van der Waals surface area contributed by atoms with Gasteiger partial charge in [0.05, 0.1) is 6.61 Å². The fourth-order valence-electron chi connectivity index (χ4n) is 0.786. The number of hydrogen-bond acceptors (Lipinski definition) is 4. The highest BCUT2D eigenvalue weighted by molar-refractivity contribution is 4.80. The van der Waals surface area contributed by atoms with Gasteiger partial charge in [0.2, 0.25) is 0 Å². The molecule has 16 heavy (non-hydrogen) atoms. The van der Waals surface area contributed by atoms with Gasteiger partial charge in [0, 0.05) is 19.8 Å². The highest BCUT2D eigenvalue weighted by atomic mass is 16.3. The van der Waals surface area contributed by atoms with Gasteiger partial charge in [0.15, 0.2) is 0 Å². The first kappa shape index (κ1) is 17.7. The standard InChI is InChI=1S/2C6H12O2/c2*7-5-3-1-2-4-6-8/h1,3,7-8H,2,4-6H2;1-2,7-8H,3-6H2/b3-1+;2-1+. The number of aliphatic hydroxyl groups excluding tert-OH is 4. The van der Waals surface area contributed by atoms with Crippen molar-refractivity contribution in [2.24, 2.45) is 0 Å². The Bertz CT molecular complexity index is 147. The van der Waals surface area contributed by atoms with Crippen LogP contribution in [-0.2, 0) is 0 Å². The zero-order valence-electron chi connectivity index (χ0n) is 9.76. The molecule has 0 aliphatic rings. The van der Waals surface area contributed by atoms with E-state index in [2.05, 4.69) is 0 Å². The van der Waals surface area contributed by atoms with Gasteiger partial charge in [0.25, 0.3) is 0 Å². The van der Waals surface area contributed by atoms with Crippen LogP contribution in [0.1, 0.15) is 25.7 Å². The molecule has 4 N–H and O–H groups in total. The van der Waals surface area contributed by atoms with Crippen LogP contribution in [0.2, 0.25) is 0 Å². The van der Waals surface area contributed by atoms with Gasteiger partial charge >= 0.3 is 0 Å². The number of rotatable bonds is 8. The molecule has 4 nitrogen and oxygen atoms in total. The Morgan fingerprint density at radius 3 is 1.44 bits per heavy atom. The second kappa shape index (κ2) is 19.8. The highest BCUT2D eigenvalue weighted by Crippen LogP contribution is 1.87. The van der Waals surface area contributed by atoms with Gasteiger partial charge in [-0.05, 0) is 25.7 Å². The lowest BCUT2D eigenvalue weighted by Crippen LogP contribution is -1.79. The summed E-state index contributed by atoms with van der Waals surface area (Å²) in [7, 11) is 0. The zero-order chi connectivity index (χ0) is 12.5. The maximum atomic E-state index is 8.27. The Labute approximate surface area is 97.6 Å². The van der Waals surface area contributed by atoms with E-state index in [0.717, 1.165) is 12.8 Å². The van der Waals surface area contributed by atoms with Crippen molar-refractivity contribution in [1.29, 1.82) is 0 Å². The minimum Gasteiger partial charge on any atom is -0.396 e. The summed E-state index contributed by atoms with van der Waals surface area (Å²) in [5.74, 6) is 0. The average Bonchev–Trinajstić information content (AvgIpc) is 2.31. The largest absolute Gasteiger partial charge is 0.396 e. The van der Waals surface area contributed by atoms with Gasteiger partial charge in [-0.15, -0.1) is 0 Å². The molecule has 0 heterocycles. The van der Waals surface area contributed by atoms with Crippen molar-refractivity contribution in [2.45, 2.75) is 25.7 Å². The van der Waals surface area contributed by atoms with Crippen LogP contribution in [0.4, 0.5) is 0 Å². The predicted octanol–water partition coefficient (Wildman–Crippen LogP) is 0.615. The van der Waals surface area contributed by atoms with E-state index in [0.29, 0.717) is 12.8 Å². The van der Waals surface area contributed by atoms with E-state index in [9.17, 15) is 0 Å². The van der Waals surface area contributed by atoms with Gasteiger partial charge in [-0.2, -0.15) is 0 Å². The normalized spacial score (nSPS) is 10.8. The molecule has 0 aromatic rings. The van der Waals surface area contributed by atoms with Crippen molar-refractivity contribution in [3.63, 3.8) is 0 Å². The van der Waals surface area contributed by atoms with E-state index < -0.39 is 0 Å². The molecule has 96 valence electrons. The maximum Gasteiger partial charge on any atom is 0.0612 e. The molecule has 0 saturated carbocycles. The lowest BCUT2D eigenvalue weighted by Gasteiger charge is -1.85. The molecule has 0 amide bonds. The number of allylic oxidation sites excluding steroid dienone is 1. The monoisotopic (exact) mass is 232 g/mol. The molecule has 0 radical (unpaired) electrons. The minimum absolute atomic E-state index is 0.103. The number of unbranched alkanes of at least 4 members (excludes halogenated alkanes) is 1. The summed E-state index contributed by atoms with van der Waals surface area (Å²) in [6.07, 6.45) is 10.3. The Balaban J connectivity index is 0. The van der Waals surface area contributed by atoms with Crippen molar-refractivity contribution in [2.75, 3.05) is 26.4 Å². The molecule has 0 aliphatic heterocycles. The summed E-state index contributed by atoms with van der Waals surface area (Å²) in [4.78, 5) is 0. The Morgan fingerprint density at radius 1 is 0.562 bits per heavy atom. The Morgan fingerprint density at radius 2 is 1.06 bits per heavy atom. The molecular formula is C12H24O4. The molecule has 0 rings (SSSR count). The van der Waals surface area contributed by atoms with Crippen molar-refractivity contribution in [3.05, 3.63) is 24.3 Å². The minimum atomic E-state index is 0.103. The van der Waals surface area contributed by atoms with Crippen LogP contribution in [0.5, 0.6) is 0 Å². The van der Waals surface area contributed by atoms with E-state index in [1.165, 1.54) is 0 Å². The molecule has 0 fully saturated rings. The van der Waals surface area contributed by atoms with Crippen LogP contribution in [0.25, 0.3) is 0 Å². The molecule has 0 aromatic carbocycles. The quantitative estimate of drug-likeness (QED) is 0.365. The molecule has 4 heteroatoms. The highest BCUT2D eigenvalue weighted by Gasteiger charge is 1.76. The van der Waals surface area contributed by atoms with Crippen LogP contribution in [-0.4, -0.2) is 46.9 Å². The summed E-state index contributed by atoms with van der Waals surface area (Å²) >= 11 is 0. The van der Waals surface area contributed by atoms with Crippen LogP contribution in [0.15, 0.2) is 24.3 Å². The summed E-state index contributed by atoms with van der Waals surface area (Å²) < 4.78 is 0. The van der Waals surface area contributed by atoms with Crippen molar-refractivity contribution in [1.82, 2.24) is 0 Å². The van der Waals surface area contributed by atoms with Gasteiger partial charge in [-0.1, -0.05) is 24.3 Å². The summed E-state index contributed by atoms with van der Waals surface area (Å²) in [6, 6.07) is 0. The average molecular weight is 232 g/mol. The predicted molar refractivity (Wildman–Crippen MR) is 65.1 cm³/mol.